The summed E-state index contributed by atoms with van der Waals surface area (Å²) < 4.78 is 39.5. The highest BCUT2D eigenvalue weighted by atomic mass is 35.5. The Bertz CT molecular complexity index is 462. The molecular weight excluding hydrogens is 281 g/mol. The molecule has 1 aromatic heterocycles. The molecule has 0 spiro atoms. The summed E-state index contributed by atoms with van der Waals surface area (Å²) in [5, 5.41) is 3.35. The summed E-state index contributed by atoms with van der Waals surface area (Å²) in [6.07, 6.45) is 0.997. The molecule has 0 unspecified atom stereocenters. The zero-order chi connectivity index (χ0) is 14.0. The van der Waals surface area contributed by atoms with Gasteiger partial charge in [-0.15, -0.1) is 0 Å². The van der Waals surface area contributed by atoms with Gasteiger partial charge in [-0.3, -0.25) is 4.79 Å². The molecule has 1 saturated carbocycles. The Morgan fingerprint density at radius 2 is 1.79 bits per heavy atom. The maximum atomic E-state index is 12.8. The maximum absolute atomic E-state index is 12.8. The first kappa shape index (κ1) is 14.4. The third-order valence-electron chi connectivity index (χ3n) is 3.44. The van der Waals surface area contributed by atoms with Crippen LogP contribution in [0.15, 0.2) is 0 Å². The first-order valence-corrected chi connectivity index (χ1v) is 6.63. The highest BCUT2D eigenvalue weighted by molar-refractivity contribution is 6.32. The second kappa shape index (κ2) is 5.53. The van der Waals surface area contributed by atoms with E-state index in [1.165, 1.54) is 4.68 Å². The fourth-order valence-corrected chi connectivity index (χ4v) is 2.79. The second-order valence-corrected chi connectivity index (χ2v) is 5.12. The smallest absolute Gasteiger partial charge is 0.298 e. The Labute approximate surface area is 113 Å². The molecule has 0 amide bonds. The lowest BCUT2D eigenvalue weighted by Gasteiger charge is -2.15. The van der Waals surface area contributed by atoms with E-state index < -0.39 is 17.4 Å². The molecule has 0 aromatic carbocycles. The topological polar surface area (TPSA) is 34.9 Å². The number of carbonyl (C=O) groups is 1. The van der Waals surface area contributed by atoms with Crippen LogP contribution in [0.1, 0.15) is 60.6 Å². The van der Waals surface area contributed by atoms with Crippen molar-refractivity contribution in [2.75, 3.05) is 0 Å². The van der Waals surface area contributed by atoms with Crippen LogP contribution in [-0.2, 0) is 6.18 Å². The van der Waals surface area contributed by atoms with Crippen molar-refractivity contribution in [3.8, 4) is 0 Å². The minimum Gasteiger partial charge on any atom is -0.298 e. The standard InChI is InChI=1S/C12H14ClF3N2O/c13-11-9(7-19)10(12(14,15)16)17-18(11)8-5-3-1-2-4-6-8/h7-8H,1-6H2. The number of carbonyl (C=O) groups excluding carboxylic acids is 1. The van der Waals surface area contributed by atoms with Gasteiger partial charge >= 0.3 is 6.18 Å². The summed E-state index contributed by atoms with van der Waals surface area (Å²) in [5.74, 6) is 0. The highest BCUT2D eigenvalue weighted by Gasteiger charge is 2.39. The number of hydrogen-bond acceptors (Lipinski definition) is 2. The molecule has 1 fully saturated rings. The molecule has 1 aliphatic rings. The van der Waals surface area contributed by atoms with E-state index >= 15 is 0 Å². The van der Waals surface area contributed by atoms with E-state index in [1.54, 1.807) is 0 Å². The molecule has 0 N–H and O–H groups in total. The Morgan fingerprint density at radius 1 is 1.21 bits per heavy atom. The van der Waals surface area contributed by atoms with Crippen LogP contribution in [0.4, 0.5) is 13.2 Å². The van der Waals surface area contributed by atoms with Crippen LogP contribution in [0.25, 0.3) is 0 Å². The third kappa shape index (κ3) is 2.94. The second-order valence-electron chi connectivity index (χ2n) is 4.76. The highest BCUT2D eigenvalue weighted by Crippen LogP contribution is 2.37. The molecule has 19 heavy (non-hydrogen) atoms. The van der Waals surface area contributed by atoms with Gasteiger partial charge in [-0.05, 0) is 12.8 Å². The number of aromatic nitrogens is 2. The Balaban J connectivity index is 2.40. The molecule has 0 radical (unpaired) electrons. The van der Waals surface area contributed by atoms with Gasteiger partial charge in [0.25, 0.3) is 0 Å². The number of aldehydes is 1. The zero-order valence-corrected chi connectivity index (χ0v) is 11.0. The van der Waals surface area contributed by atoms with Gasteiger partial charge in [0.1, 0.15) is 5.15 Å². The van der Waals surface area contributed by atoms with Crippen LogP contribution in [0, 0.1) is 0 Å². The molecule has 106 valence electrons. The Hall–Kier alpha value is -1.04. The molecule has 0 atom stereocenters. The number of nitrogens with zero attached hydrogens (tertiary/aromatic N) is 2. The molecule has 2 rings (SSSR count). The molecule has 0 saturated heterocycles. The van der Waals surface area contributed by atoms with Crippen LogP contribution < -0.4 is 0 Å². The average Bonchev–Trinajstić information content (AvgIpc) is 2.53. The normalized spacial score (nSPS) is 18.3. The molecule has 0 bridgehead atoms. The fourth-order valence-electron chi connectivity index (χ4n) is 2.48. The summed E-state index contributed by atoms with van der Waals surface area (Å²) in [5.41, 5.74) is -1.74. The van der Waals surface area contributed by atoms with Gasteiger partial charge in [0.2, 0.25) is 0 Å². The first-order chi connectivity index (χ1) is 8.95. The van der Waals surface area contributed by atoms with Gasteiger partial charge in [-0.2, -0.15) is 18.3 Å². The molecule has 0 aliphatic heterocycles. The predicted octanol–water partition coefficient (Wildman–Crippen LogP) is 4.26. The molecular formula is C12H14ClF3N2O. The van der Waals surface area contributed by atoms with E-state index in [1.807, 2.05) is 0 Å². The first-order valence-electron chi connectivity index (χ1n) is 6.25. The van der Waals surface area contributed by atoms with Crippen molar-refractivity contribution in [3.63, 3.8) is 0 Å². The van der Waals surface area contributed by atoms with Crippen LogP contribution >= 0.6 is 11.6 Å². The predicted molar refractivity (Wildman–Crippen MR) is 64.4 cm³/mol. The third-order valence-corrected chi connectivity index (χ3v) is 3.82. The van der Waals surface area contributed by atoms with Crippen molar-refractivity contribution in [2.24, 2.45) is 0 Å². The van der Waals surface area contributed by atoms with Gasteiger partial charge in [0.15, 0.2) is 12.0 Å². The summed E-state index contributed by atoms with van der Waals surface area (Å²) in [4.78, 5) is 10.8. The van der Waals surface area contributed by atoms with Crippen LogP contribution in [0.2, 0.25) is 5.15 Å². The number of hydrogen-bond donors (Lipinski definition) is 0. The summed E-state index contributed by atoms with van der Waals surface area (Å²) in [6, 6.07) is -0.148. The minimum absolute atomic E-state index is 0.130. The number of rotatable bonds is 2. The zero-order valence-electron chi connectivity index (χ0n) is 10.2. The van der Waals surface area contributed by atoms with Gasteiger partial charge in [0.05, 0.1) is 11.6 Å². The minimum atomic E-state index is -4.66. The van der Waals surface area contributed by atoms with Crippen molar-refractivity contribution >= 4 is 17.9 Å². The lowest BCUT2D eigenvalue weighted by Crippen LogP contribution is -2.13. The van der Waals surface area contributed by atoms with Crippen molar-refractivity contribution in [3.05, 3.63) is 16.4 Å². The number of halogens is 4. The van der Waals surface area contributed by atoms with Crippen LogP contribution in [0.3, 0.4) is 0 Å². The van der Waals surface area contributed by atoms with E-state index in [0.717, 1.165) is 38.5 Å². The van der Waals surface area contributed by atoms with Crippen LogP contribution in [-0.4, -0.2) is 16.1 Å². The fraction of sp³-hybridized carbons (Fsp3) is 0.667. The molecule has 3 nitrogen and oxygen atoms in total. The maximum Gasteiger partial charge on any atom is 0.435 e. The van der Waals surface area contributed by atoms with E-state index in [2.05, 4.69) is 5.10 Å². The Morgan fingerprint density at radius 3 is 2.21 bits per heavy atom. The lowest BCUT2D eigenvalue weighted by atomic mass is 10.1. The monoisotopic (exact) mass is 294 g/mol. The van der Waals surface area contributed by atoms with Crippen molar-refractivity contribution in [2.45, 2.75) is 50.7 Å². The number of alkyl halides is 3. The summed E-state index contributed by atoms with van der Waals surface area (Å²) in [7, 11) is 0. The van der Waals surface area contributed by atoms with E-state index in [4.69, 9.17) is 11.6 Å². The van der Waals surface area contributed by atoms with Gasteiger partial charge in [0, 0.05) is 0 Å². The molecule has 7 heteroatoms. The lowest BCUT2D eigenvalue weighted by molar-refractivity contribution is -0.141. The van der Waals surface area contributed by atoms with Crippen LogP contribution in [0.5, 0.6) is 0 Å². The SMILES string of the molecule is O=Cc1c(C(F)(F)F)nn(C2CCCCCC2)c1Cl. The summed E-state index contributed by atoms with van der Waals surface area (Å²) >= 11 is 5.89. The molecule has 1 aliphatic carbocycles. The molecule has 1 aromatic rings. The average molecular weight is 295 g/mol. The quantitative estimate of drug-likeness (QED) is 0.603. The van der Waals surface area contributed by atoms with Crippen molar-refractivity contribution < 1.29 is 18.0 Å². The molecule has 1 heterocycles. The summed E-state index contributed by atoms with van der Waals surface area (Å²) in [6.45, 7) is 0. The van der Waals surface area contributed by atoms with Gasteiger partial charge < -0.3 is 0 Å². The van der Waals surface area contributed by atoms with E-state index in [9.17, 15) is 18.0 Å². The van der Waals surface area contributed by atoms with E-state index in [-0.39, 0.29) is 17.5 Å². The largest absolute Gasteiger partial charge is 0.435 e. The van der Waals surface area contributed by atoms with Crippen molar-refractivity contribution in [1.82, 2.24) is 9.78 Å². The van der Waals surface area contributed by atoms with Gasteiger partial charge in [-0.25, -0.2) is 4.68 Å². The van der Waals surface area contributed by atoms with Gasteiger partial charge in [-0.1, -0.05) is 37.3 Å². The Kier molecular flexibility index (Phi) is 4.18. The van der Waals surface area contributed by atoms with Crippen molar-refractivity contribution in [1.29, 1.82) is 0 Å². The van der Waals surface area contributed by atoms with E-state index in [0.29, 0.717) is 0 Å².